The van der Waals surface area contributed by atoms with Gasteiger partial charge in [0.2, 0.25) is 0 Å². The van der Waals surface area contributed by atoms with Gasteiger partial charge in [-0.15, -0.1) is 11.3 Å². The van der Waals surface area contributed by atoms with E-state index >= 15 is 0 Å². The summed E-state index contributed by atoms with van der Waals surface area (Å²) in [4.78, 5) is 17.6. The number of cyclic esters (lactones) is 1. The van der Waals surface area contributed by atoms with Crippen LogP contribution in [0.25, 0.3) is 21.7 Å². The third-order valence-electron chi connectivity index (χ3n) is 4.38. The number of hydrogen-bond donors (Lipinski definition) is 1. The Bertz CT molecular complexity index is 987. The molecule has 1 fully saturated rings. The third-order valence-corrected chi connectivity index (χ3v) is 5.32. The van der Waals surface area contributed by atoms with Gasteiger partial charge in [0.1, 0.15) is 16.9 Å². The molecule has 1 atom stereocenters. The first kappa shape index (κ1) is 17.6. The van der Waals surface area contributed by atoms with E-state index in [2.05, 4.69) is 4.98 Å². The Labute approximate surface area is 159 Å². The number of hydrogen-bond acceptors (Lipinski definition) is 5. The minimum absolute atomic E-state index is 0.0878. The maximum absolute atomic E-state index is 14.7. The highest BCUT2D eigenvalue weighted by atomic mass is 32.1. The number of rotatable bonds is 4. The van der Waals surface area contributed by atoms with E-state index in [1.54, 1.807) is 19.1 Å². The fourth-order valence-electron chi connectivity index (χ4n) is 3.03. The van der Waals surface area contributed by atoms with Gasteiger partial charge in [0.05, 0.1) is 24.5 Å². The first-order valence-corrected chi connectivity index (χ1v) is 9.37. The highest BCUT2D eigenvalue weighted by Gasteiger charge is 2.29. The molecule has 1 aliphatic rings. The summed E-state index contributed by atoms with van der Waals surface area (Å²) in [7, 11) is 0. The molecule has 27 heavy (non-hydrogen) atoms. The van der Waals surface area contributed by atoms with Gasteiger partial charge < -0.3 is 9.84 Å². The van der Waals surface area contributed by atoms with Crippen LogP contribution < -0.4 is 4.90 Å². The average Bonchev–Trinajstić information content (AvgIpc) is 3.28. The summed E-state index contributed by atoms with van der Waals surface area (Å²) in [5, 5.41) is 11.7. The summed E-state index contributed by atoms with van der Waals surface area (Å²) in [5.41, 5.74) is 3.23. The number of carbonyl (C=O) groups excluding carboxylic acids is 1. The summed E-state index contributed by atoms with van der Waals surface area (Å²) in [6, 6.07) is 12.2. The van der Waals surface area contributed by atoms with Crippen LogP contribution >= 0.6 is 11.3 Å². The Hall–Kier alpha value is -2.77. The largest absolute Gasteiger partial charge is 0.444 e. The van der Waals surface area contributed by atoms with Gasteiger partial charge in [-0.3, -0.25) is 4.90 Å². The number of thiazole rings is 1. The number of aliphatic hydroxyl groups is 1. The van der Waals surface area contributed by atoms with Crippen molar-refractivity contribution in [3.8, 4) is 21.7 Å². The van der Waals surface area contributed by atoms with E-state index in [4.69, 9.17) is 9.84 Å². The van der Waals surface area contributed by atoms with Crippen LogP contribution in [-0.4, -0.2) is 28.8 Å². The number of aromatic nitrogens is 1. The van der Waals surface area contributed by atoms with E-state index < -0.39 is 11.9 Å². The van der Waals surface area contributed by atoms with Crippen molar-refractivity contribution in [2.75, 3.05) is 11.4 Å². The van der Waals surface area contributed by atoms with Crippen molar-refractivity contribution in [2.45, 2.75) is 19.6 Å². The molecule has 0 radical (unpaired) electrons. The van der Waals surface area contributed by atoms with Crippen LogP contribution in [0, 0.1) is 5.82 Å². The van der Waals surface area contributed by atoms with Gasteiger partial charge in [0, 0.05) is 16.5 Å². The van der Waals surface area contributed by atoms with Crippen molar-refractivity contribution in [3.63, 3.8) is 0 Å². The molecule has 1 N–H and O–H groups in total. The number of anilines is 1. The Morgan fingerprint density at radius 1 is 1.26 bits per heavy atom. The van der Waals surface area contributed by atoms with E-state index in [0.29, 0.717) is 23.5 Å². The van der Waals surface area contributed by atoms with Gasteiger partial charge in [-0.05, 0) is 30.7 Å². The number of amides is 1. The molecular formula is C20H17FN2O3S. The van der Waals surface area contributed by atoms with Crippen molar-refractivity contribution in [3.05, 3.63) is 59.4 Å². The van der Waals surface area contributed by atoms with Crippen LogP contribution in [-0.2, 0) is 11.3 Å². The van der Waals surface area contributed by atoms with Crippen molar-refractivity contribution in [1.29, 1.82) is 0 Å². The van der Waals surface area contributed by atoms with Crippen molar-refractivity contribution in [1.82, 2.24) is 4.98 Å². The summed E-state index contributed by atoms with van der Waals surface area (Å²) in [5.74, 6) is -0.399. The topological polar surface area (TPSA) is 62.7 Å². The number of aliphatic hydroxyl groups excluding tert-OH is 1. The molecule has 1 amide bonds. The summed E-state index contributed by atoms with van der Waals surface area (Å²) < 4.78 is 19.8. The second-order valence-electron chi connectivity index (χ2n) is 6.35. The lowest BCUT2D eigenvalue weighted by atomic mass is 10.0. The molecule has 138 valence electrons. The Morgan fingerprint density at radius 3 is 2.59 bits per heavy atom. The van der Waals surface area contributed by atoms with Crippen LogP contribution in [0.15, 0.2) is 47.8 Å². The molecule has 1 aliphatic heterocycles. The first-order valence-electron chi connectivity index (χ1n) is 8.49. The molecular weight excluding hydrogens is 367 g/mol. The minimum Gasteiger partial charge on any atom is -0.444 e. The monoisotopic (exact) mass is 384 g/mol. The zero-order valence-electron chi connectivity index (χ0n) is 14.6. The molecule has 0 bridgehead atoms. The first-order chi connectivity index (χ1) is 13.0. The molecule has 1 unspecified atom stereocenters. The molecule has 1 saturated heterocycles. The summed E-state index contributed by atoms with van der Waals surface area (Å²) in [6.07, 6.45) is -0.658. The number of ether oxygens (including phenoxy) is 1. The van der Waals surface area contributed by atoms with Crippen LogP contribution in [0.2, 0.25) is 0 Å². The van der Waals surface area contributed by atoms with Crippen molar-refractivity contribution >= 4 is 23.1 Å². The third kappa shape index (κ3) is 3.43. The number of benzene rings is 2. The second-order valence-corrected chi connectivity index (χ2v) is 7.21. The predicted molar refractivity (Wildman–Crippen MR) is 102 cm³/mol. The van der Waals surface area contributed by atoms with Crippen LogP contribution in [0.4, 0.5) is 14.9 Å². The zero-order chi connectivity index (χ0) is 19.0. The van der Waals surface area contributed by atoms with Crippen LogP contribution in [0.5, 0.6) is 0 Å². The minimum atomic E-state index is -0.454. The van der Waals surface area contributed by atoms with Crippen LogP contribution in [0.1, 0.15) is 12.6 Å². The van der Waals surface area contributed by atoms with Gasteiger partial charge in [-0.25, -0.2) is 14.2 Å². The fraction of sp³-hybridized carbons (Fsp3) is 0.200. The number of carbonyl (C=O) groups is 1. The lowest BCUT2D eigenvalue weighted by molar-refractivity contribution is 0.150. The fourth-order valence-corrected chi connectivity index (χ4v) is 3.84. The van der Waals surface area contributed by atoms with Crippen molar-refractivity contribution < 1.29 is 19.0 Å². The average molecular weight is 384 g/mol. The van der Waals surface area contributed by atoms with E-state index in [1.165, 1.54) is 22.3 Å². The molecule has 2 heterocycles. The molecule has 7 heteroatoms. The smallest absolute Gasteiger partial charge is 0.414 e. The van der Waals surface area contributed by atoms with Crippen LogP contribution in [0.3, 0.4) is 0 Å². The van der Waals surface area contributed by atoms with E-state index in [0.717, 1.165) is 16.1 Å². The quantitative estimate of drug-likeness (QED) is 0.722. The second kappa shape index (κ2) is 7.09. The Kier molecular flexibility index (Phi) is 4.63. The molecule has 3 aromatic rings. The lowest BCUT2D eigenvalue weighted by Gasteiger charge is -2.14. The normalized spacial score (nSPS) is 16.6. The molecule has 2 aromatic carbocycles. The molecule has 1 aromatic heterocycles. The van der Waals surface area contributed by atoms with E-state index in [-0.39, 0.29) is 12.7 Å². The van der Waals surface area contributed by atoms with E-state index in [9.17, 15) is 9.18 Å². The van der Waals surface area contributed by atoms with Gasteiger partial charge in [-0.2, -0.15) is 0 Å². The maximum atomic E-state index is 14.7. The highest BCUT2D eigenvalue weighted by molar-refractivity contribution is 7.13. The van der Waals surface area contributed by atoms with Gasteiger partial charge in [0.15, 0.2) is 0 Å². The summed E-state index contributed by atoms with van der Waals surface area (Å²) in [6.45, 7) is 2.13. The molecule has 5 nitrogen and oxygen atoms in total. The van der Waals surface area contributed by atoms with Gasteiger partial charge >= 0.3 is 6.09 Å². The molecule has 0 spiro atoms. The van der Waals surface area contributed by atoms with Gasteiger partial charge in [0.25, 0.3) is 0 Å². The Balaban J connectivity index is 1.59. The van der Waals surface area contributed by atoms with Crippen molar-refractivity contribution in [2.24, 2.45) is 0 Å². The number of nitrogens with zero attached hydrogens (tertiary/aromatic N) is 2. The standard InChI is InChI=1S/C20H17FN2O3S/c1-12-9-23(20(25)26-12)16-6-7-17(18(21)8-16)13-2-4-14(5-3-13)19-22-15(10-24)11-27-19/h2-8,11-12,24H,9-10H2,1H3. The SMILES string of the molecule is CC1CN(c2ccc(-c3ccc(-c4nc(CO)cs4)cc3)c(F)c2)C(=O)O1. The number of halogens is 1. The van der Waals surface area contributed by atoms with E-state index in [1.807, 2.05) is 29.6 Å². The molecule has 0 saturated carbocycles. The summed E-state index contributed by atoms with van der Waals surface area (Å²) >= 11 is 1.45. The lowest BCUT2D eigenvalue weighted by Crippen LogP contribution is -2.24. The Morgan fingerprint density at radius 2 is 2.00 bits per heavy atom. The zero-order valence-corrected chi connectivity index (χ0v) is 15.4. The predicted octanol–water partition coefficient (Wildman–Crippen LogP) is 4.45. The maximum Gasteiger partial charge on any atom is 0.414 e. The molecule has 4 rings (SSSR count). The van der Waals surface area contributed by atoms with Gasteiger partial charge in [-0.1, -0.05) is 24.3 Å². The molecule has 0 aliphatic carbocycles. The highest BCUT2D eigenvalue weighted by Crippen LogP contribution is 2.31.